The maximum atomic E-state index is 14.0. The zero-order valence-electron chi connectivity index (χ0n) is 14.6. The van der Waals surface area contributed by atoms with E-state index >= 15 is 0 Å². The van der Waals surface area contributed by atoms with Gasteiger partial charge in [0.25, 0.3) is 0 Å². The van der Waals surface area contributed by atoms with Gasteiger partial charge in [-0.15, -0.1) is 0 Å². The molecule has 24 heavy (non-hydrogen) atoms. The number of carbonyl (C=O) groups is 1. The molecule has 0 aliphatic heterocycles. The number of carbonyl (C=O) groups excluding carboxylic acids is 1. The van der Waals surface area contributed by atoms with Crippen LogP contribution in [0.25, 0.3) is 0 Å². The highest BCUT2D eigenvalue weighted by Gasteiger charge is 2.28. The molecule has 1 rings (SSSR count). The first kappa shape index (κ1) is 20.9. The summed E-state index contributed by atoms with van der Waals surface area (Å²) >= 11 is 5.91. The molecule has 0 bridgehead atoms. The lowest BCUT2D eigenvalue weighted by atomic mass is 10.0. The van der Waals surface area contributed by atoms with Crippen LogP contribution >= 0.6 is 11.6 Å². The van der Waals surface area contributed by atoms with Crippen LogP contribution < -0.4 is 0 Å². The summed E-state index contributed by atoms with van der Waals surface area (Å²) < 4.78 is 34.1. The Hall–Kier alpha value is -1.10. The van der Waals surface area contributed by atoms with Crippen LogP contribution in [0, 0.1) is 0 Å². The van der Waals surface area contributed by atoms with Gasteiger partial charge in [0.2, 0.25) is 5.92 Å². The number of ether oxygens (including phenoxy) is 1. The number of rotatable bonds is 12. The van der Waals surface area contributed by atoms with Crippen LogP contribution in [0.5, 0.6) is 0 Å². The Balaban J connectivity index is 2.36. The summed E-state index contributed by atoms with van der Waals surface area (Å²) in [7, 11) is 1.24. The summed E-state index contributed by atoms with van der Waals surface area (Å²) in [6.07, 6.45) is 8.27. The number of aromatic nitrogens is 1. The molecule has 0 fully saturated rings. The lowest BCUT2D eigenvalue weighted by Gasteiger charge is -2.17. The number of unbranched alkanes of at least 4 members (excludes halogenated alkanes) is 6. The van der Waals surface area contributed by atoms with Crippen molar-refractivity contribution >= 4 is 17.6 Å². The first-order valence-electron chi connectivity index (χ1n) is 8.72. The number of nitrogens with zero attached hydrogens (tertiary/aromatic N) is 1. The van der Waals surface area contributed by atoms with Crippen LogP contribution in [-0.2, 0) is 11.3 Å². The zero-order valence-corrected chi connectivity index (χ0v) is 15.4. The lowest BCUT2D eigenvalue weighted by molar-refractivity contribution is -0.0224. The van der Waals surface area contributed by atoms with Gasteiger partial charge in [-0.25, -0.2) is 13.6 Å². The van der Waals surface area contributed by atoms with Crippen molar-refractivity contribution < 1.29 is 18.3 Å². The van der Waals surface area contributed by atoms with Gasteiger partial charge in [0.05, 0.1) is 12.1 Å². The number of halogens is 3. The Morgan fingerprint density at radius 3 is 2.42 bits per heavy atom. The van der Waals surface area contributed by atoms with Crippen molar-refractivity contribution in [3.63, 3.8) is 0 Å². The van der Waals surface area contributed by atoms with E-state index in [0.717, 1.165) is 19.3 Å². The van der Waals surface area contributed by atoms with E-state index in [1.54, 1.807) is 6.20 Å². The molecule has 6 heteroatoms. The second-order valence-electron chi connectivity index (χ2n) is 6.17. The monoisotopic (exact) mass is 363 g/mol. The average molecular weight is 364 g/mol. The molecular formula is C18H28ClF2NO2. The third kappa shape index (κ3) is 7.20. The van der Waals surface area contributed by atoms with Gasteiger partial charge in [-0.3, -0.25) is 0 Å². The first-order chi connectivity index (χ1) is 11.4. The second-order valence-corrected chi connectivity index (χ2v) is 6.58. The van der Waals surface area contributed by atoms with Gasteiger partial charge in [0, 0.05) is 25.6 Å². The van der Waals surface area contributed by atoms with Crippen LogP contribution in [0.3, 0.4) is 0 Å². The molecule has 0 radical (unpaired) electrons. The van der Waals surface area contributed by atoms with Crippen molar-refractivity contribution in [1.29, 1.82) is 0 Å². The predicted molar refractivity (Wildman–Crippen MR) is 93.0 cm³/mol. The molecule has 0 saturated carbocycles. The van der Waals surface area contributed by atoms with Gasteiger partial charge in [-0.05, 0) is 12.5 Å². The minimum absolute atomic E-state index is 0.0423. The number of hydrogen-bond acceptors (Lipinski definition) is 2. The van der Waals surface area contributed by atoms with Gasteiger partial charge in [-0.2, -0.15) is 0 Å². The Bertz CT molecular complexity index is 503. The van der Waals surface area contributed by atoms with E-state index in [1.165, 1.54) is 37.0 Å². The smallest absolute Gasteiger partial charge is 0.356 e. The molecule has 1 heterocycles. The maximum absolute atomic E-state index is 14.0. The fourth-order valence-corrected chi connectivity index (χ4v) is 2.94. The lowest BCUT2D eigenvalue weighted by Crippen LogP contribution is -2.20. The number of hydrogen-bond donors (Lipinski definition) is 0. The van der Waals surface area contributed by atoms with Crippen LogP contribution in [0.1, 0.15) is 75.2 Å². The third-order valence-electron chi connectivity index (χ3n) is 4.16. The molecule has 0 saturated heterocycles. The molecule has 3 nitrogen and oxygen atoms in total. The van der Waals surface area contributed by atoms with E-state index in [1.807, 2.05) is 0 Å². The van der Waals surface area contributed by atoms with E-state index in [9.17, 15) is 13.6 Å². The topological polar surface area (TPSA) is 31.2 Å². The molecule has 0 aromatic carbocycles. The van der Waals surface area contributed by atoms with Gasteiger partial charge in [0.15, 0.2) is 0 Å². The summed E-state index contributed by atoms with van der Waals surface area (Å²) in [5.74, 6) is -3.34. The van der Waals surface area contributed by atoms with E-state index in [4.69, 9.17) is 11.6 Å². The number of methoxy groups -OCH3 is 1. The third-order valence-corrected chi connectivity index (χ3v) is 4.46. The highest BCUT2D eigenvalue weighted by Crippen LogP contribution is 2.28. The van der Waals surface area contributed by atoms with Gasteiger partial charge >= 0.3 is 5.97 Å². The standard InChI is InChI=1S/C18H28ClF2NO2/c1-3-4-5-6-7-8-9-11-18(20,21)12-14-22-13-10-15(19)16(22)17(23)24-2/h10,13H,3-9,11-12,14H2,1-2H3. The normalized spacial score (nSPS) is 11.7. The predicted octanol–water partition coefficient (Wildman–Crippen LogP) is 6.09. The van der Waals surface area contributed by atoms with Crippen LogP contribution in [0.4, 0.5) is 8.78 Å². The summed E-state index contributed by atoms with van der Waals surface area (Å²) in [6, 6.07) is 1.52. The summed E-state index contributed by atoms with van der Waals surface area (Å²) in [5, 5.41) is 0.220. The number of esters is 1. The van der Waals surface area contributed by atoms with Gasteiger partial charge in [-0.1, -0.05) is 57.0 Å². The van der Waals surface area contributed by atoms with E-state index in [2.05, 4.69) is 11.7 Å². The van der Waals surface area contributed by atoms with Crippen molar-refractivity contribution in [3.8, 4) is 0 Å². The molecule has 138 valence electrons. The van der Waals surface area contributed by atoms with E-state index in [0.29, 0.717) is 6.42 Å². The van der Waals surface area contributed by atoms with Crippen molar-refractivity contribution in [2.75, 3.05) is 7.11 Å². The van der Waals surface area contributed by atoms with Crippen molar-refractivity contribution in [1.82, 2.24) is 4.57 Å². The van der Waals surface area contributed by atoms with Crippen LogP contribution in [-0.4, -0.2) is 23.6 Å². The van der Waals surface area contributed by atoms with Gasteiger partial charge in [0.1, 0.15) is 5.69 Å². The molecule has 1 aromatic heterocycles. The van der Waals surface area contributed by atoms with Gasteiger partial charge < -0.3 is 9.30 Å². The van der Waals surface area contributed by atoms with Crippen molar-refractivity contribution in [3.05, 3.63) is 23.0 Å². The summed E-state index contributed by atoms with van der Waals surface area (Å²) in [6.45, 7) is 2.20. The molecule has 0 aliphatic carbocycles. The Morgan fingerprint density at radius 1 is 1.17 bits per heavy atom. The Morgan fingerprint density at radius 2 is 1.79 bits per heavy atom. The van der Waals surface area contributed by atoms with E-state index in [-0.39, 0.29) is 30.1 Å². The molecular weight excluding hydrogens is 336 g/mol. The number of alkyl halides is 2. The Labute approximate surface area is 148 Å². The Kier molecular flexibility index (Phi) is 9.34. The molecule has 0 aliphatic rings. The average Bonchev–Trinajstić information content (AvgIpc) is 2.92. The van der Waals surface area contributed by atoms with Crippen molar-refractivity contribution in [2.24, 2.45) is 0 Å². The minimum Gasteiger partial charge on any atom is -0.464 e. The van der Waals surface area contributed by atoms with Crippen molar-refractivity contribution in [2.45, 2.75) is 77.2 Å². The molecule has 0 atom stereocenters. The summed E-state index contributed by atoms with van der Waals surface area (Å²) in [5.41, 5.74) is 0.130. The zero-order chi connectivity index (χ0) is 18.0. The van der Waals surface area contributed by atoms with Crippen LogP contribution in [0.15, 0.2) is 12.3 Å². The molecule has 0 amide bonds. The summed E-state index contributed by atoms with van der Waals surface area (Å²) in [4.78, 5) is 11.6. The minimum atomic E-state index is -2.73. The fraction of sp³-hybridized carbons (Fsp3) is 0.722. The quantitative estimate of drug-likeness (QED) is 0.332. The highest BCUT2D eigenvalue weighted by molar-refractivity contribution is 6.33. The molecule has 1 aromatic rings. The highest BCUT2D eigenvalue weighted by atomic mass is 35.5. The first-order valence-corrected chi connectivity index (χ1v) is 9.10. The molecule has 0 N–H and O–H groups in total. The SMILES string of the molecule is CCCCCCCCCC(F)(F)CCn1ccc(Cl)c1C(=O)OC. The molecule has 0 spiro atoms. The molecule has 0 unspecified atom stereocenters. The maximum Gasteiger partial charge on any atom is 0.356 e. The second kappa shape index (κ2) is 10.7. The van der Waals surface area contributed by atoms with Crippen LogP contribution in [0.2, 0.25) is 5.02 Å². The largest absolute Gasteiger partial charge is 0.464 e. The van der Waals surface area contributed by atoms with E-state index < -0.39 is 11.9 Å². The fourth-order valence-electron chi connectivity index (χ4n) is 2.69. The number of aryl methyl sites for hydroxylation is 1.